The van der Waals surface area contributed by atoms with Crippen molar-refractivity contribution in [3.05, 3.63) is 65.0 Å². The van der Waals surface area contributed by atoms with Gasteiger partial charge in [-0.15, -0.1) is 0 Å². The molecule has 1 aliphatic rings. The van der Waals surface area contributed by atoms with Gasteiger partial charge in [-0.3, -0.25) is 4.98 Å². The highest BCUT2D eigenvalue weighted by atomic mass is 16.3. The molecule has 0 saturated carbocycles. The molecule has 2 aromatic rings. The van der Waals surface area contributed by atoms with Crippen molar-refractivity contribution in [1.29, 1.82) is 0 Å². The van der Waals surface area contributed by atoms with Crippen LogP contribution in [0.4, 0.5) is 0 Å². The molecule has 0 saturated heterocycles. The molecule has 2 heteroatoms. The zero-order chi connectivity index (χ0) is 12.5. The van der Waals surface area contributed by atoms with E-state index in [-0.39, 0.29) is 5.92 Å². The molecule has 0 fully saturated rings. The maximum Gasteiger partial charge on any atom is 0.0873 e. The fourth-order valence-corrected chi connectivity index (χ4v) is 2.75. The van der Waals surface area contributed by atoms with E-state index in [1.807, 2.05) is 36.5 Å². The van der Waals surface area contributed by atoms with Crippen molar-refractivity contribution in [1.82, 2.24) is 4.98 Å². The molecule has 1 N–H and O–H groups in total. The first-order chi connectivity index (χ1) is 8.75. The van der Waals surface area contributed by atoms with Gasteiger partial charge < -0.3 is 5.11 Å². The van der Waals surface area contributed by atoms with Crippen LogP contribution in [0.1, 0.15) is 40.8 Å². The van der Waals surface area contributed by atoms with Crippen LogP contribution in [0.5, 0.6) is 0 Å². The van der Waals surface area contributed by atoms with Crippen LogP contribution >= 0.6 is 0 Å². The minimum absolute atomic E-state index is 0.143. The van der Waals surface area contributed by atoms with Gasteiger partial charge >= 0.3 is 0 Å². The van der Waals surface area contributed by atoms with Gasteiger partial charge in [0, 0.05) is 17.8 Å². The predicted molar refractivity (Wildman–Crippen MR) is 71.4 cm³/mol. The molecule has 1 aromatic heterocycles. The maximum absolute atomic E-state index is 10.5. The number of aliphatic hydroxyl groups is 1. The Balaban J connectivity index is 1.90. The lowest BCUT2D eigenvalue weighted by Crippen LogP contribution is -2.09. The van der Waals surface area contributed by atoms with E-state index in [9.17, 15) is 5.11 Å². The average molecular weight is 239 g/mol. The van der Waals surface area contributed by atoms with E-state index in [4.69, 9.17) is 0 Å². The summed E-state index contributed by atoms with van der Waals surface area (Å²) < 4.78 is 0. The van der Waals surface area contributed by atoms with Crippen molar-refractivity contribution in [2.45, 2.75) is 31.8 Å². The summed E-state index contributed by atoms with van der Waals surface area (Å²) in [5.41, 5.74) is 4.57. The Labute approximate surface area is 107 Å². The van der Waals surface area contributed by atoms with E-state index in [1.54, 1.807) is 0 Å². The third-order valence-electron chi connectivity index (χ3n) is 3.80. The minimum Gasteiger partial charge on any atom is -0.388 e. The van der Waals surface area contributed by atoms with Crippen molar-refractivity contribution in [3.63, 3.8) is 0 Å². The van der Waals surface area contributed by atoms with Crippen LogP contribution in [0, 0.1) is 6.92 Å². The highest BCUT2D eigenvalue weighted by molar-refractivity contribution is 5.33. The third-order valence-corrected chi connectivity index (χ3v) is 3.80. The number of hydrogen-bond donors (Lipinski definition) is 1. The topological polar surface area (TPSA) is 33.1 Å². The maximum atomic E-state index is 10.5. The highest BCUT2D eigenvalue weighted by Gasteiger charge is 2.30. The van der Waals surface area contributed by atoms with Crippen molar-refractivity contribution >= 4 is 0 Å². The Hall–Kier alpha value is -1.67. The number of benzene rings is 1. The van der Waals surface area contributed by atoms with Crippen LogP contribution < -0.4 is 0 Å². The molecule has 0 amide bonds. The van der Waals surface area contributed by atoms with Gasteiger partial charge in [0.05, 0.1) is 6.10 Å². The molecule has 1 heterocycles. The lowest BCUT2D eigenvalue weighted by molar-refractivity contribution is 0.143. The zero-order valence-electron chi connectivity index (χ0n) is 10.5. The number of aryl methyl sites for hydroxylation is 2. The Morgan fingerprint density at radius 1 is 1.22 bits per heavy atom. The summed E-state index contributed by atoms with van der Waals surface area (Å²) in [4.78, 5) is 4.44. The molecule has 18 heavy (non-hydrogen) atoms. The molecule has 0 radical (unpaired) electrons. The molecular weight excluding hydrogens is 222 g/mol. The number of rotatable bonds is 2. The van der Waals surface area contributed by atoms with E-state index in [1.165, 1.54) is 11.1 Å². The van der Waals surface area contributed by atoms with Gasteiger partial charge in [0.2, 0.25) is 0 Å². The zero-order valence-corrected chi connectivity index (χ0v) is 10.5. The number of nitrogens with zero attached hydrogens (tertiary/aromatic N) is 1. The van der Waals surface area contributed by atoms with E-state index in [0.717, 1.165) is 24.1 Å². The first-order valence-electron chi connectivity index (χ1n) is 6.44. The van der Waals surface area contributed by atoms with Gasteiger partial charge in [-0.2, -0.15) is 0 Å². The summed E-state index contributed by atoms with van der Waals surface area (Å²) in [5.74, 6) is 0.143. The van der Waals surface area contributed by atoms with Crippen molar-refractivity contribution in [2.75, 3.05) is 0 Å². The van der Waals surface area contributed by atoms with Gasteiger partial charge in [-0.1, -0.05) is 35.9 Å². The molecular formula is C16H17NO. The number of fused-ring (bicyclic) bond motifs is 1. The first kappa shape index (κ1) is 11.4. The van der Waals surface area contributed by atoms with Crippen LogP contribution in [0.2, 0.25) is 0 Å². The summed E-state index contributed by atoms with van der Waals surface area (Å²) in [7, 11) is 0. The molecule has 92 valence electrons. The van der Waals surface area contributed by atoms with Gasteiger partial charge in [-0.05, 0) is 37.0 Å². The van der Waals surface area contributed by atoms with Crippen molar-refractivity contribution in [3.8, 4) is 0 Å². The van der Waals surface area contributed by atoms with Crippen LogP contribution in [-0.4, -0.2) is 10.1 Å². The van der Waals surface area contributed by atoms with E-state index in [2.05, 4.69) is 18.0 Å². The lowest BCUT2D eigenvalue weighted by atomic mass is 9.93. The molecule has 1 aromatic carbocycles. The fraction of sp³-hybridized carbons (Fsp3) is 0.312. The SMILES string of the molecule is Cc1ccc(C(O)C2CCc3cccnc32)cc1. The molecule has 2 nitrogen and oxygen atoms in total. The first-order valence-corrected chi connectivity index (χ1v) is 6.44. The number of aliphatic hydroxyl groups excluding tert-OH is 1. The van der Waals surface area contributed by atoms with E-state index in [0.29, 0.717) is 0 Å². The molecule has 3 rings (SSSR count). The summed E-state index contributed by atoms with van der Waals surface area (Å²) in [6.07, 6.45) is 3.39. The van der Waals surface area contributed by atoms with Crippen molar-refractivity contribution in [2.24, 2.45) is 0 Å². The third kappa shape index (κ3) is 1.93. The Kier molecular flexibility index (Phi) is 2.88. The van der Waals surface area contributed by atoms with Crippen LogP contribution in [-0.2, 0) is 6.42 Å². The summed E-state index contributed by atoms with van der Waals surface area (Å²) in [6.45, 7) is 2.06. The quantitative estimate of drug-likeness (QED) is 0.873. The monoisotopic (exact) mass is 239 g/mol. The smallest absolute Gasteiger partial charge is 0.0873 e. The molecule has 1 aliphatic carbocycles. The highest BCUT2D eigenvalue weighted by Crippen LogP contribution is 2.40. The Morgan fingerprint density at radius 2 is 2.00 bits per heavy atom. The largest absolute Gasteiger partial charge is 0.388 e. The second-order valence-corrected chi connectivity index (χ2v) is 5.05. The Morgan fingerprint density at radius 3 is 2.78 bits per heavy atom. The van der Waals surface area contributed by atoms with Crippen molar-refractivity contribution < 1.29 is 5.11 Å². The fourth-order valence-electron chi connectivity index (χ4n) is 2.75. The predicted octanol–water partition coefficient (Wildman–Crippen LogP) is 3.15. The number of hydrogen-bond acceptors (Lipinski definition) is 2. The molecule has 0 aliphatic heterocycles. The minimum atomic E-state index is -0.443. The second-order valence-electron chi connectivity index (χ2n) is 5.05. The van der Waals surface area contributed by atoms with Crippen LogP contribution in [0.3, 0.4) is 0 Å². The lowest BCUT2D eigenvalue weighted by Gasteiger charge is -2.18. The number of pyridine rings is 1. The van der Waals surface area contributed by atoms with Gasteiger partial charge in [-0.25, -0.2) is 0 Å². The summed E-state index contributed by atoms with van der Waals surface area (Å²) in [5, 5.41) is 10.5. The molecule has 2 unspecified atom stereocenters. The standard InChI is InChI=1S/C16H17NO/c1-11-4-6-13(7-5-11)16(18)14-9-8-12-3-2-10-17-15(12)14/h2-7,10,14,16,18H,8-9H2,1H3. The van der Waals surface area contributed by atoms with Gasteiger partial charge in [0.15, 0.2) is 0 Å². The number of aromatic nitrogens is 1. The summed E-state index contributed by atoms with van der Waals surface area (Å²) >= 11 is 0. The molecule has 0 spiro atoms. The van der Waals surface area contributed by atoms with Crippen LogP contribution in [0.15, 0.2) is 42.6 Å². The molecule has 2 atom stereocenters. The van der Waals surface area contributed by atoms with Gasteiger partial charge in [0.25, 0.3) is 0 Å². The van der Waals surface area contributed by atoms with E-state index < -0.39 is 6.10 Å². The molecule has 0 bridgehead atoms. The van der Waals surface area contributed by atoms with E-state index >= 15 is 0 Å². The summed E-state index contributed by atoms with van der Waals surface area (Å²) in [6, 6.07) is 12.2. The van der Waals surface area contributed by atoms with Gasteiger partial charge in [0.1, 0.15) is 0 Å². The Bertz CT molecular complexity index is 547. The normalized spacial score (nSPS) is 19.6. The average Bonchev–Trinajstić information content (AvgIpc) is 2.82. The second kappa shape index (κ2) is 4.54. The van der Waals surface area contributed by atoms with Crippen LogP contribution in [0.25, 0.3) is 0 Å².